The Balaban J connectivity index is 1.58. The fourth-order valence-electron chi connectivity index (χ4n) is 3.24. The third-order valence-corrected chi connectivity index (χ3v) is 4.70. The van der Waals surface area contributed by atoms with E-state index in [9.17, 15) is 4.79 Å². The van der Waals surface area contributed by atoms with Crippen molar-refractivity contribution in [2.45, 2.75) is 13.0 Å². The summed E-state index contributed by atoms with van der Waals surface area (Å²) in [5, 5.41) is 1.11. The molecule has 0 saturated heterocycles. The third-order valence-electron chi connectivity index (χ3n) is 4.70. The van der Waals surface area contributed by atoms with Gasteiger partial charge < -0.3 is 9.88 Å². The number of pyridine rings is 1. The van der Waals surface area contributed by atoms with Crippen LogP contribution >= 0.6 is 0 Å². The summed E-state index contributed by atoms with van der Waals surface area (Å²) in [7, 11) is 0. The van der Waals surface area contributed by atoms with Crippen LogP contribution in [0.15, 0.2) is 85.3 Å². The average Bonchev–Trinajstić information content (AvgIpc) is 3.20. The predicted octanol–water partition coefficient (Wildman–Crippen LogP) is 4.45. The van der Waals surface area contributed by atoms with Crippen molar-refractivity contribution < 1.29 is 4.79 Å². The van der Waals surface area contributed by atoms with Crippen molar-refractivity contribution in [3.63, 3.8) is 0 Å². The molecule has 0 unspecified atom stereocenters. The highest BCUT2D eigenvalue weighted by Gasteiger charge is 2.17. The van der Waals surface area contributed by atoms with Crippen molar-refractivity contribution >= 4 is 16.8 Å². The van der Waals surface area contributed by atoms with Crippen LogP contribution in [0.5, 0.6) is 0 Å². The Hall–Kier alpha value is -3.40. The van der Waals surface area contributed by atoms with Gasteiger partial charge in [-0.15, -0.1) is 0 Å². The molecule has 134 valence electrons. The molecule has 0 aliphatic rings. The first kappa shape index (κ1) is 17.0. The molecule has 4 rings (SSSR count). The van der Waals surface area contributed by atoms with E-state index in [0.717, 1.165) is 22.9 Å². The molecule has 2 aromatic heterocycles. The van der Waals surface area contributed by atoms with Gasteiger partial charge in [0.2, 0.25) is 0 Å². The number of fused-ring (bicyclic) bond motifs is 1. The van der Waals surface area contributed by atoms with Crippen LogP contribution in [0.2, 0.25) is 0 Å². The van der Waals surface area contributed by atoms with Gasteiger partial charge in [0.05, 0.1) is 0 Å². The van der Waals surface area contributed by atoms with Crippen molar-refractivity contribution in [3.05, 3.63) is 102 Å². The minimum atomic E-state index is 0.0336. The van der Waals surface area contributed by atoms with Crippen LogP contribution in [-0.4, -0.2) is 27.3 Å². The molecule has 0 aliphatic heterocycles. The van der Waals surface area contributed by atoms with Crippen LogP contribution in [0.4, 0.5) is 0 Å². The minimum absolute atomic E-state index is 0.0336. The molecular weight excluding hydrogens is 334 g/mol. The first-order valence-corrected chi connectivity index (χ1v) is 9.09. The summed E-state index contributed by atoms with van der Waals surface area (Å²) in [6.45, 7) is 1.20. The van der Waals surface area contributed by atoms with Gasteiger partial charge in [0.15, 0.2) is 0 Å². The number of hydrogen-bond donors (Lipinski definition) is 1. The quantitative estimate of drug-likeness (QED) is 0.555. The zero-order chi connectivity index (χ0) is 18.5. The fraction of sp³-hybridized carbons (Fsp3) is 0.130. The summed E-state index contributed by atoms with van der Waals surface area (Å²) in [6, 6.07) is 22.0. The maximum absolute atomic E-state index is 13.2. The molecule has 4 heteroatoms. The molecule has 0 aliphatic carbocycles. The number of rotatable bonds is 6. The number of nitrogens with one attached hydrogen (secondary N) is 1. The Morgan fingerprint density at radius 1 is 0.963 bits per heavy atom. The van der Waals surface area contributed by atoms with Crippen molar-refractivity contribution in [2.75, 3.05) is 6.54 Å². The number of aromatic nitrogens is 2. The van der Waals surface area contributed by atoms with E-state index in [0.29, 0.717) is 18.7 Å². The topological polar surface area (TPSA) is 49.0 Å². The molecule has 0 fully saturated rings. The van der Waals surface area contributed by atoms with Crippen LogP contribution in [0.25, 0.3) is 10.9 Å². The Bertz CT molecular complexity index is 1030. The molecule has 0 saturated carbocycles. The summed E-state index contributed by atoms with van der Waals surface area (Å²) in [6.07, 6.45) is 6.27. The van der Waals surface area contributed by atoms with E-state index >= 15 is 0 Å². The number of benzene rings is 2. The Morgan fingerprint density at radius 3 is 2.63 bits per heavy atom. The third kappa shape index (κ3) is 4.06. The van der Waals surface area contributed by atoms with Crippen molar-refractivity contribution in [1.82, 2.24) is 14.9 Å². The highest BCUT2D eigenvalue weighted by atomic mass is 16.2. The molecule has 4 nitrogen and oxygen atoms in total. The van der Waals surface area contributed by atoms with E-state index in [-0.39, 0.29) is 5.91 Å². The number of hydrogen-bond acceptors (Lipinski definition) is 2. The monoisotopic (exact) mass is 355 g/mol. The zero-order valence-corrected chi connectivity index (χ0v) is 15.0. The second kappa shape index (κ2) is 7.87. The van der Waals surface area contributed by atoms with Gasteiger partial charge in [-0.3, -0.25) is 9.78 Å². The lowest BCUT2D eigenvalue weighted by Gasteiger charge is -2.23. The van der Waals surface area contributed by atoms with Gasteiger partial charge in [0.25, 0.3) is 5.91 Å². The number of carbonyl (C=O) groups excluding carboxylic acids is 1. The lowest BCUT2D eigenvalue weighted by molar-refractivity contribution is 0.0745. The first-order chi connectivity index (χ1) is 13.3. The number of carbonyl (C=O) groups is 1. The lowest BCUT2D eigenvalue weighted by atomic mass is 10.1. The van der Waals surface area contributed by atoms with Gasteiger partial charge in [0.1, 0.15) is 0 Å². The molecule has 4 aromatic rings. The van der Waals surface area contributed by atoms with E-state index in [1.807, 2.05) is 71.9 Å². The highest BCUT2D eigenvalue weighted by molar-refractivity contribution is 5.97. The second-order valence-corrected chi connectivity index (χ2v) is 6.60. The summed E-state index contributed by atoms with van der Waals surface area (Å²) in [5.41, 5.74) is 3.92. The Morgan fingerprint density at radius 2 is 1.81 bits per heavy atom. The number of H-pyrrole nitrogens is 1. The van der Waals surface area contributed by atoms with E-state index in [2.05, 4.69) is 22.1 Å². The van der Waals surface area contributed by atoms with Crippen LogP contribution in [0.1, 0.15) is 21.5 Å². The maximum Gasteiger partial charge on any atom is 0.254 e. The maximum atomic E-state index is 13.2. The van der Waals surface area contributed by atoms with E-state index in [1.165, 1.54) is 5.56 Å². The highest BCUT2D eigenvalue weighted by Crippen LogP contribution is 2.17. The SMILES string of the molecule is O=C(c1ccc2cc[nH]c2c1)N(CCc1ccccc1)Cc1cccnc1. The largest absolute Gasteiger partial charge is 0.361 e. The predicted molar refractivity (Wildman–Crippen MR) is 107 cm³/mol. The van der Waals surface area contributed by atoms with Crippen LogP contribution in [0.3, 0.4) is 0 Å². The molecule has 0 atom stereocenters. The fourth-order valence-corrected chi connectivity index (χ4v) is 3.24. The Labute approximate surface area is 158 Å². The van der Waals surface area contributed by atoms with Crippen LogP contribution in [-0.2, 0) is 13.0 Å². The van der Waals surface area contributed by atoms with E-state index < -0.39 is 0 Å². The van der Waals surface area contributed by atoms with Crippen molar-refractivity contribution in [2.24, 2.45) is 0 Å². The number of aromatic amines is 1. The normalized spacial score (nSPS) is 10.8. The Kier molecular flexibility index (Phi) is 4.97. The summed E-state index contributed by atoms with van der Waals surface area (Å²) in [4.78, 5) is 22.5. The summed E-state index contributed by atoms with van der Waals surface area (Å²) >= 11 is 0. The van der Waals surface area contributed by atoms with Gasteiger partial charge in [-0.1, -0.05) is 42.5 Å². The minimum Gasteiger partial charge on any atom is -0.361 e. The second-order valence-electron chi connectivity index (χ2n) is 6.60. The molecule has 1 amide bonds. The summed E-state index contributed by atoms with van der Waals surface area (Å²) < 4.78 is 0. The van der Waals surface area contributed by atoms with Gasteiger partial charge in [0, 0.05) is 42.8 Å². The van der Waals surface area contributed by atoms with E-state index in [4.69, 9.17) is 0 Å². The van der Waals surface area contributed by atoms with Gasteiger partial charge in [-0.25, -0.2) is 0 Å². The molecular formula is C23H21N3O. The van der Waals surface area contributed by atoms with Gasteiger partial charge in [-0.05, 0) is 47.2 Å². The summed E-state index contributed by atoms with van der Waals surface area (Å²) in [5.74, 6) is 0.0336. The molecule has 1 N–H and O–H groups in total. The zero-order valence-electron chi connectivity index (χ0n) is 15.0. The van der Waals surface area contributed by atoms with Crippen molar-refractivity contribution in [1.29, 1.82) is 0 Å². The molecule has 2 heterocycles. The van der Waals surface area contributed by atoms with Crippen molar-refractivity contribution in [3.8, 4) is 0 Å². The average molecular weight is 355 g/mol. The lowest BCUT2D eigenvalue weighted by Crippen LogP contribution is -2.32. The van der Waals surface area contributed by atoms with Gasteiger partial charge in [-0.2, -0.15) is 0 Å². The van der Waals surface area contributed by atoms with E-state index in [1.54, 1.807) is 6.20 Å². The number of nitrogens with zero attached hydrogens (tertiary/aromatic N) is 2. The van der Waals surface area contributed by atoms with Crippen LogP contribution in [0, 0.1) is 0 Å². The first-order valence-electron chi connectivity index (χ1n) is 9.09. The smallest absolute Gasteiger partial charge is 0.254 e. The molecule has 0 bridgehead atoms. The molecule has 2 aromatic carbocycles. The molecule has 27 heavy (non-hydrogen) atoms. The van der Waals surface area contributed by atoms with Gasteiger partial charge >= 0.3 is 0 Å². The standard InChI is InChI=1S/C23H21N3O/c27-23(21-9-8-20-10-13-25-22(20)15-21)26(17-19-7-4-12-24-16-19)14-11-18-5-2-1-3-6-18/h1-10,12-13,15-16,25H,11,14,17H2. The van der Waals surface area contributed by atoms with Crippen LogP contribution < -0.4 is 0 Å². The molecule has 0 spiro atoms. The number of amides is 1. The molecule has 0 radical (unpaired) electrons.